The lowest BCUT2D eigenvalue weighted by atomic mass is 10.6. The zero-order valence-corrected chi connectivity index (χ0v) is 34.4. The molecule has 0 aliphatic carbocycles. The Bertz CT molecular complexity index is 805. The molecule has 0 spiro atoms. The van der Waals surface area contributed by atoms with E-state index in [-0.39, 0.29) is 17.3 Å². The van der Waals surface area contributed by atoms with E-state index in [0.29, 0.717) is 0 Å². The number of carbonyl (C=O) groups excluding carboxylic acids is 3. The summed E-state index contributed by atoms with van der Waals surface area (Å²) in [6, 6.07) is -0.806. The summed E-state index contributed by atoms with van der Waals surface area (Å²) in [6.45, 7) is 20.7. The van der Waals surface area contributed by atoms with E-state index in [2.05, 4.69) is 20.0 Å². The smallest absolute Gasteiger partial charge is 0.144 e. The minimum Gasteiger partial charge on any atom is -0.324 e. The van der Waals surface area contributed by atoms with Crippen molar-refractivity contribution in [1.29, 1.82) is 0 Å². The summed E-state index contributed by atoms with van der Waals surface area (Å²) in [5, 5.41) is 0. The lowest BCUT2D eigenvalue weighted by Gasteiger charge is -1.92. The van der Waals surface area contributed by atoms with Crippen molar-refractivity contribution in [3.8, 4) is 0 Å². The quantitative estimate of drug-likeness (QED) is 0.335. The fourth-order valence-electron chi connectivity index (χ4n) is 0. The van der Waals surface area contributed by atoms with E-state index in [4.69, 9.17) is 11.8 Å². The maximum absolute atomic E-state index is 10.2. The molecule has 0 unspecified atom stereocenters. The van der Waals surface area contributed by atoms with Gasteiger partial charge in [-0.3, -0.25) is 8.42 Å². The van der Waals surface area contributed by atoms with Crippen LogP contribution < -0.4 is 0 Å². The molecule has 0 atom stereocenters. The molecule has 0 fully saturated rings. The molecular weight excluding hydrogens is 659 g/mol. The van der Waals surface area contributed by atoms with Crippen LogP contribution in [0.15, 0.2) is 0 Å². The third kappa shape index (κ3) is 6470000. The summed E-state index contributed by atoms with van der Waals surface area (Å²) in [7, 11) is -8.19. The van der Waals surface area contributed by atoms with Gasteiger partial charge >= 0.3 is 0 Å². The average molecular weight is 719 g/mol. The molecule has 0 heterocycles. The van der Waals surface area contributed by atoms with Gasteiger partial charge in [0.1, 0.15) is 37.0 Å². The average Bonchev–Trinajstić information content (AvgIpc) is 2.34. The van der Waals surface area contributed by atoms with Gasteiger partial charge < -0.3 is 18.9 Å². The van der Waals surface area contributed by atoms with E-state index in [1.165, 1.54) is 41.5 Å². The SMILES string of the molecule is CC(C)=O.CC(C)=O.CC(C)=O.CP(C)(C)=O.CP(C)(C)=S.CS(C)(=O)=O.CS(C)(=O)=O.CS(C)=O.CS(C)=O. The van der Waals surface area contributed by atoms with Gasteiger partial charge in [-0.15, -0.1) is 0 Å². The molecule has 0 radical (unpaired) electrons. The second-order valence-corrected chi connectivity index (χ2v) is 28.7. The first-order valence-electron chi connectivity index (χ1n) is 10.9. The third-order valence-corrected chi connectivity index (χ3v) is 0. The lowest BCUT2D eigenvalue weighted by Crippen LogP contribution is -1.86. The molecule has 0 aromatic carbocycles. The molecule has 40 heavy (non-hydrogen) atoms. The van der Waals surface area contributed by atoms with Gasteiger partial charge in [-0.2, -0.15) is 0 Å². The Kier molecular flexibility index (Phi) is 58.8. The second-order valence-electron chi connectivity index (χ2n) is 10.3. The second kappa shape index (κ2) is 37.1. The molecule has 0 aliphatic heterocycles. The van der Waals surface area contributed by atoms with Gasteiger partial charge in [0, 0.05) is 71.6 Å². The Morgan fingerprint density at radius 1 is 0.525 bits per heavy atom. The molecule has 0 saturated heterocycles. The zero-order valence-electron chi connectivity index (χ0n) is 28.5. The molecule has 17 heteroatoms. The first kappa shape index (κ1) is 63.4. The van der Waals surface area contributed by atoms with Crippen molar-refractivity contribution in [3.05, 3.63) is 0 Å². The van der Waals surface area contributed by atoms with Crippen LogP contribution in [0.25, 0.3) is 0 Å². The number of hydrogen-bond acceptors (Lipinski definition) is 11. The van der Waals surface area contributed by atoms with Crippen LogP contribution in [0.4, 0.5) is 0 Å². The first-order valence-corrected chi connectivity index (χ1v) is 26.7. The van der Waals surface area contributed by atoms with Crippen LogP contribution in [-0.2, 0) is 72.0 Å². The van der Waals surface area contributed by atoms with Gasteiger partial charge in [-0.05, 0) is 81.5 Å². The molecule has 0 saturated carbocycles. The number of ketones is 3. The van der Waals surface area contributed by atoms with E-state index in [0.717, 1.165) is 25.0 Å². The predicted octanol–water partition coefficient (Wildman–Crippen LogP) is 3.69. The highest BCUT2D eigenvalue weighted by atomic mass is 32.4. The first-order chi connectivity index (χ1) is 16.7. The Morgan fingerprint density at radius 3 is 0.525 bits per heavy atom. The van der Waals surface area contributed by atoms with Gasteiger partial charge in [-0.1, -0.05) is 17.8 Å². The van der Waals surface area contributed by atoms with Gasteiger partial charge in [0.25, 0.3) is 0 Å². The van der Waals surface area contributed by atoms with Gasteiger partial charge in [-0.25, -0.2) is 16.8 Å². The van der Waals surface area contributed by atoms with Gasteiger partial charge in [0.05, 0.1) is 7.14 Å². The van der Waals surface area contributed by atoms with E-state index in [1.807, 2.05) is 0 Å². The molecule has 252 valence electrons. The minimum absolute atomic E-state index is 0.167. The predicted molar refractivity (Wildman–Crippen MR) is 188 cm³/mol. The minimum atomic E-state index is -2.67. The van der Waals surface area contributed by atoms with Crippen molar-refractivity contribution >= 4 is 83.6 Å². The fourth-order valence-corrected chi connectivity index (χ4v) is 0. The molecule has 0 aliphatic rings. The summed E-state index contributed by atoms with van der Waals surface area (Å²) in [5.74, 6) is 0.500. The largest absolute Gasteiger partial charge is 0.324 e. The maximum atomic E-state index is 10.2. The highest BCUT2D eigenvalue weighted by Gasteiger charge is 1.89. The van der Waals surface area contributed by atoms with E-state index in [9.17, 15) is 44.2 Å². The number of sulfone groups is 2. The van der Waals surface area contributed by atoms with Crippen molar-refractivity contribution in [2.45, 2.75) is 41.5 Å². The standard InChI is InChI=1S/C3H9OP.3C3H6O.C3H9PS.2C2H6O2S.2C2H6OS/c1-5(2,3)4;3*1-3(2)4;1-4(2,3)5;2*1-5(2,3)4;2*1-4(2)3/h1-3H3;3*1-2H3;1-3H3;2*1-2H3;2*1-2H3. The van der Waals surface area contributed by atoms with Crippen LogP contribution in [0.1, 0.15) is 41.5 Å². The van der Waals surface area contributed by atoms with Crippen molar-refractivity contribution in [3.63, 3.8) is 0 Å². The molecule has 0 amide bonds. The third-order valence-electron chi connectivity index (χ3n) is 0. The highest BCUT2D eigenvalue weighted by molar-refractivity contribution is 8.13. The molecule has 0 aromatic rings. The molecule has 0 aromatic heterocycles. The Labute approximate surface area is 258 Å². The summed E-state index contributed by atoms with van der Waals surface area (Å²) in [4.78, 5) is 28.3. The summed E-state index contributed by atoms with van der Waals surface area (Å²) in [5.41, 5.74) is 0. The zero-order chi connectivity index (χ0) is 35.9. The van der Waals surface area contributed by atoms with Gasteiger partial charge in [0.2, 0.25) is 0 Å². The van der Waals surface area contributed by atoms with Crippen molar-refractivity contribution in [2.75, 3.05) is 90.0 Å². The highest BCUT2D eigenvalue weighted by Crippen LogP contribution is 2.29. The van der Waals surface area contributed by atoms with Crippen molar-refractivity contribution in [1.82, 2.24) is 0 Å². The molecular formula is C23H60O10P2S5. The van der Waals surface area contributed by atoms with Crippen molar-refractivity contribution < 1.29 is 44.2 Å². The van der Waals surface area contributed by atoms with E-state index in [1.54, 1.807) is 45.0 Å². The van der Waals surface area contributed by atoms with Crippen LogP contribution in [-0.4, -0.2) is 133 Å². The maximum Gasteiger partial charge on any atom is 0.144 e. The van der Waals surface area contributed by atoms with Crippen LogP contribution in [0.3, 0.4) is 0 Å². The monoisotopic (exact) mass is 718 g/mol. The molecule has 10 nitrogen and oxygen atoms in total. The normalized spacial score (nSPS) is 9.55. The Hall–Kier alpha value is 0.0900. The lowest BCUT2D eigenvalue weighted by molar-refractivity contribution is -0.115. The Morgan fingerprint density at radius 2 is 0.525 bits per heavy atom. The van der Waals surface area contributed by atoms with E-state index < -0.39 is 54.5 Å². The summed E-state index contributed by atoms with van der Waals surface area (Å²) >= 11 is 4.94. The Balaban J connectivity index is -0.0000000387. The summed E-state index contributed by atoms with van der Waals surface area (Å²) < 4.78 is 67.9. The fraction of sp³-hybridized carbons (Fsp3) is 0.870. The number of rotatable bonds is 0. The molecule has 0 bridgehead atoms. The summed E-state index contributed by atoms with van der Waals surface area (Å²) in [6.07, 6.45) is 11.2. The van der Waals surface area contributed by atoms with Crippen molar-refractivity contribution in [2.24, 2.45) is 0 Å². The molecule has 0 N–H and O–H groups in total. The van der Waals surface area contributed by atoms with Gasteiger partial charge in [0.15, 0.2) is 0 Å². The number of carbonyl (C=O) groups is 3. The number of Topliss-reactive ketones (excluding diaryl/α,β-unsaturated/α-hetero) is 3. The van der Waals surface area contributed by atoms with Crippen LogP contribution in [0.5, 0.6) is 0 Å². The van der Waals surface area contributed by atoms with Crippen LogP contribution >= 0.6 is 13.2 Å². The van der Waals surface area contributed by atoms with Crippen LogP contribution in [0, 0.1) is 0 Å². The topological polar surface area (TPSA) is 171 Å². The van der Waals surface area contributed by atoms with E-state index >= 15 is 0 Å². The molecule has 0 rings (SSSR count). The van der Waals surface area contributed by atoms with Crippen LogP contribution in [0.2, 0.25) is 0 Å². The number of hydrogen-bond donors (Lipinski definition) is 0.